The number of pyridine rings is 1. The van der Waals surface area contributed by atoms with Gasteiger partial charge in [0.25, 0.3) is 11.6 Å². The number of nitro benzene ring substituents is 1. The molecule has 3 aromatic rings. The van der Waals surface area contributed by atoms with Crippen molar-refractivity contribution in [1.29, 1.82) is 0 Å². The van der Waals surface area contributed by atoms with Gasteiger partial charge in [-0.05, 0) is 43.7 Å². The molecule has 0 spiro atoms. The third-order valence-corrected chi connectivity index (χ3v) is 6.86. The molecule has 0 radical (unpaired) electrons. The van der Waals surface area contributed by atoms with E-state index in [4.69, 9.17) is 5.73 Å². The van der Waals surface area contributed by atoms with E-state index in [1.807, 2.05) is 47.9 Å². The van der Waals surface area contributed by atoms with Crippen LogP contribution in [0.5, 0.6) is 0 Å². The number of nitrogens with two attached hydrogens (primary N) is 1. The first kappa shape index (κ1) is 28.1. The van der Waals surface area contributed by atoms with Crippen LogP contribution in [0, 0.1) is 10.1 Å². The average Bonchev–Trinajstić information content (AvgIpc) is 2.97. The number of nitrogens with zero attached hydrogens (tertiary/aromatic N) is 5. The van der Waals surface area contributed by atoms with Crippen molar-refractivity contribution in [3.8, 4) is 0 Å². The van der Waals surface area contributed by atoms with Crippen molar-refractivity contribution in [2.75, 3.05) is 54.8 Å². The third-order valence-electron chi connectivity index (χ3n) is 6.86. The van der Waals surface area contributed by atoms with Gasteiger partial charge in [-0.1, -0.05) is 12.1 Å². The first-order valence-electron chi connectivity index (χ1n) is 13.2. The van der Waals surface area contributed by atoms with Crippen molar-refractivity contribution >= 4 is 40.5 Å². The standard InChI is InChI=1S/C28H34N8O4/c1-3-33(4-2)28(38)35-14-12-34(13-15-35)22-10-8-21(9-11-22)32-26-17-25(24(19-31-26)27(29)37)30-18-20-6-5-7-23(16-20)36(39)40/h5-11,16-17,19H,3-4,12-15,18H2,1-2H3,(H2,29,37)(H2,30,31,32). The minimum Gasteiger partial charge on any atom is -0.380 e. The number of aromatic nitrogens is 1. The van der Waals surface area contributed by atoms with E-state index in [9.17, 15) is 19.7 Å². The molecule has 2 aromatic carbocycles. The summed E-state index contributed by atoms with van der Waals surface area (Å²) in [6.45, 7) is 8.53. The monoisotopic (exact) mass is 546 g/mol. The Labute approximate surface area is 232 Å². The zero-order valence-electron chi connectivity index (χ0n) is 22.7. The number of carbonyl (C=O) groups excluding carboxylic acids is 2. The zero-order chi connectivity index (χ0) is 28.6. The van der Waals surface area contributed by atoms with Crippen LogP contribution in [0.25, 0.3) is 0 Å². The lowest BCUT2D eigenvalue weighted by Crippen LogP contribution is -2.52. The summed E-state index contributed by atoms with van der Waals surface area (Å²) in [7, 11) is 0. The van der Waals surface area contributed by atoms with E-state index in [0.29, 0.717) is 43.2 Å². The fourth-order valence-corrected chi connectivity index (χ4v) is 4.60. The second-order valence-electron chi connectivity index (χ2n) is 9.36. The molecular formula is C28H34N8O4. The van der Waals surface area contributed by atoms with Gasteiger partial charge in [-0.15, -0.1) is 0 Å². The lowest BCUT2D eigenvalue weighted by molar-refractivity contribution is -0.384. The fraction of sp³-hybridized carbons (Fsp3) is 0.321. The van der Waals surface area contributed by atoms with E-state index >= 15 is 0 Å². The van der Waals surface area contributed by atoms with Gasteiger partial charge in [0.2, 0.25) is 0 Å². The third kappa shape index (κ3) is 6.76. The summed E-state index contributed by atoms with van der Waals surface area (Å²) in [6.07, 6.45) is 1.40. The highest BCUT2D eigenvalue weighted by Crippen LogP contribution is 2.25. The van der Waals surface area contributed by atoms with E-state index in [0.717, 1.165) is 24.5 Å². The van der Waals surface area contributed by atoms with Gasteiger partial charge in [0.1, 0.15) is 5.82 Å². The minimum absolute atomic E-state index is 0.00930. The molecule has 1 saturated heterocycles. The number of carbonyl (C=O) groups is 2. The number of anilines is 4. The predicted octanol–water partition coefficient (Wildman–Crippen LogP) is 4.03. The van der Waals surface area contributed by atoms with Crippen molar-refractivity contribution in [3.05, 3.63) is 82.0 Å². The van der Waals surface area contributed by atoms with Crippen LogP contribution in [0.15, 0.2) is 60.8 Å². The molecule has 1 aliphatic heterocycles. The van der Waals surface area contributed by atoms with E-state index in [-0.39, 0.29) is 23.8 Å². The number of piperazine rings is 1. The Balaban J connectivity index is 1.39. The molecule has 1 fully saturated rings. The second kappa shape index (κ2) is 12.8. The quantitative estimate of drug-likeness (QED) is 0.255. The van der Waals surface area contributed by atoms with Crippen molar-refractivity contribution in [1.82, 2.24) is 14.8 Å². The van der Waals surface area contributed by atoms with Crippen molar-refractivity contribution in [3.63, 3.8) is 0 Å². The van der Waals surface area contributed by atoms with Crippen LogP contribution in [-0.4, -0.2) is 70.9 Å². The van der Waals surface area contributed by atoms with Crippen LogP contribution in [0.3, 0.4) is 0 Å². The molecule has 3 amide bonds. The van der Waals surface area contributed by atoms with Crippen LogP contribution in [-0.2, 0) is 6.54 Å². The highest BCUT2D eigenvalue weighted by molar-refractivity contribution is 5.98. The van der Waals surface area contributed by atoms with Crippen molar-refractivity contribution in [2.24, 2.45) is 5.73 Å². The van der Waals surface area contributed by atoms with E-state index < -0.39 is 10.8 Å². The Morgan fingerprint density at radius 3 is 2.38 bits per heavy atom. The molecule has 1 aliphatic rings. The summed E-state index contributed by atoms with van der Waals surface area (Å²) in [5, 5.41) is 17.5. The average molecular weight is 547 g/mol. The topological polar surface area (TPSA) is 150 Å². The van der Waals surface area contributed by atoms with Crippen LogP contribution in [0.2, 0.25) is 0 Å². The number of hydrogen-bond donors (Lipinski definition) is 3. The number of nitrogens with one attached hydrogen (secondary N) is 2. The largest absolute Gasteiger partial charge is 0.380 e. The van der Waals surface area contributed by atoms with Gasteiger partial charge in [0, 0.05) is 81.6 Å². The summed E-state index contributed by atoms with van der Waals surface area (Å²) < 4.78 is 0. The molecule has 0 unspecified atom stereocenters. The highest BCUT2D eigenvalue weighted by atomic mass is 16.6. The smallest absolute Gasteiger partial charge is 0.320 e. The molecule has 0 saturated carbocycles. The SMILES string of the molecule is CCN(CC)C(=O)N1CCN(c2ccc(Nc3cc(NCc4cccc([N+](=O)[O-])c4)c(C(N)=O)cn3)cc2)CC1. The number of hydrogen-bond acceptors (Lipinski definition) is 8. The number of urea groups is 1. The fourth-order valence-electron chi connectivity index (χ4n) is 4.60. The molecule has 0 bridgehead atoms. The molecule has 12 nitrogen and oxygen atoms in total. The molecule has 0 aliphatic carbocycles. The molecule has 210 valence electrons. The van der Waals surface area contributed by atoms with Gasteiger partial charge < -0.3 is 31.1 Å². The molecule has 0 atom stereocenters. The molecule has 12 heteroatoms. The van der Waals surface area contributed by atoms with Crippen molar-refractivity contribution in [2.45, 2.75) is 20.4 Å². The first-order valence-corrected chi connectivity index (χ1v) is 13.2. The Morgan fingerprint density at radius 1 is 1.05 bits per heavy atom. The molecule has 2 heterocycles. The van der Waals surface area contributed by atoms with Gasteiger partial charge in [-0.25, -0.2) is 9.78 Å². The van der Waals surface area contributed by atoms with Gasteiger partial charge in [-0.3, -0.25) is 14.9 Å². The summed E-state index contributed by atoms with van der Waals surface area (Å²) >= 11 is 0. The van der Waals surface area contributed by atoms with Crippen LogP contribution in [0.4, 0.5) is 33.4 Å². The lowest BCUT2D eigenvalue weighted by atomic mass is 10.1. The molecule has 4 N–H and O–H groups in total. The van der Waals surface area contributed by atoms with Crippen LogP contribution < -0.4 is 21.3 Å². The summed E-state index contributed by atoms with van der Waals surface area (Å²) in [5.41, 5.74) is 8.76. The molecule has 4 rings (SSSR count). The van der Waals surface area contributed by atoms with Crippen LogP contribution in [0.1, 0.15) is 29.8 Å². The number of non-ortho nitro benzene ring substituents is 1. The van der Waals surface area contributed by atoms with Gasteiger partial charge >= 0.3 is 6.03 Å². The van der Waals surface area contributed by atoms with Gasteiger partial charge in [-0.2, -0.15) is 0 Å². The maximum atomic E-state index is 12.6. The molecule has 40 heavy (non-hydrogen) atoms. The number of amides is 3. The van der Waals surface area contributed by atoms with Crippen molar-refractivity contribution < 1.29 is 14.5 Å². The lowest BCUT2D eigenvalue weighted by Gasteiger charge is -2.38. The minimum atomic E-state index is -0.635. The number of primary amides is 1. The second-order valence-corrected chi connectivity index (χ2v) is 9.36. The molecule has 1 aromatic heterocycles. The maximum absolute atomic E-state index is 12.6. The maximum Gasteiger partial charge on any atom is 0.320 e. The Kier molecular flexibility index (Phi) is 9.00. The highest BCUT2D eigenvalue weighted by Gasteiger charge is 2.24. The summed E-state index contributed by atoms with van der Waals surface area (Å²) in [4.78, 5) is 45.5. The Bertz CT molecular complexity index is 1350. The first-order chi connectivity index (χ1) is 19.3. The van der Waals surface area contributed by atoms with Gasteiger partial charge in [0.15, 0.2) is 0 Å². The number of benzene rings is 2. The number of rotatable bonds is 10. The predicted molar refractivity (Wildman–Crippen MR) is 155 cm³/mol. The summed E-state index contributed by atoms with van der Waals surface area (Å²) in [6, 6.07) is 16.0. The van der Waals surface area contributed by atoms with E-state index in [1.54, 1.807) is 18.2 Å². The Morgan fingerprint density at radius 2 is 1.75 bits per heavy atom. The van der Waals surface area contributed by atoms with Crippen LogP contribution >= 0.6 is 0 Å². The normalized spacial score (nSPS) is 13.1. The zero-order valence-corrected chi connectivity index (χ0v) is 22.7. The van der Waals surface area contributed by atoms with E-state index in [2.05, 4.69) is 20.5 Å². The number of nitro groups is 1. The summed E-state index contributed by atoms with van der Waals surface area (Å²) in [5.74, 6) is -0.133. The Hall–Kier alpha value is -4.87. The molecular weight excluding hydrogens is 512 g/mol. The van der Waals surface area contributed by atoms with E-state index in [1.165, 1.54) is 18.3 Å². The van der Waals surface area contributed by atoms with Gasteiger partial charge in [0.05, 0.1) is 16.2 Å².